The summed E-state index contributed by atoms with van der Waals surface area (Å²) >= 11 is 1.38. The van der Waals surface area contributed by atoms with Crippen molar-refractivity contribution in [3.63, 3.8) is 0 Å². The van der Waals surface area contributed by atoms with Crippen molar-refractivity contribution in [2.24, 2.45) is 5.16 Å². The Kier molecular flexibility index (Phi) is 5.90. The first-order valence-electron chi connectivity index (χ1n) is 8.33. The Morgan fingerprint density at radius 2 is 1.96 bits per heavy atom. The fourth-order valence-electron chi connectivity index (χ4n) is 2.84. The number of nitrogens with zero attached hydrogens (tertiary/aromatic N) is 2. The van der Waals surface area contributed by atoms with Crippen LogP contribution in [0, 0.1) is 6.92 Å². The minimum atomic E-state index is -0.411. The predicted octanol–water partition coefficient (Wildman–Crippen LogP) is 3.18. The van der Waals surface area contributed by atoms with Gasteiger partial charge in [-0.15, -0.1) is 0 Å². The van der Waals surface area contributed by atoms with Crippen molar-refractivity contribution in [1.29, 1.82) is 0 Å². The minimum Gasteiger partial charge on any atom is -0.392 e. The highest BCUT2D eigenvalue weighted by atomic mass is 32.2. The van der Waals surface area contributed by atoms with E-state index in [1.165, 1.54) is 11.8 Å². The number of thioether (sulfide) groups is 1. The van der Waals surface area contributed by atoms with E-state index in [1.54, 1.807) is 5.48 Å². The smallest absolute Gasteiger partial charge is 0.256 e. The van der Waals surface area contributed by atoms with Crippen LogP contribution in [0.1, 0.15) is 24.1 Å². The highest BCUT2D eigenvalue weighted by Gasteiger charge is 2.28. The molecule has 0 saturated carbocycles. The van der Waals surface area contributed by atoms with E-state index in [-0.39, 0.29) is 11.4 Å². The molecular formula is C19H21N3O3S. The maximum absolute atomic E-state index is 11.6. The molecule has 136 valence electrons. The second-order valence-corrected chi connectivity index (χ2v) is 7.21. The SMILES string of the molecule is CSC(CC1CC(c2ccc(-c3ccc(C)nc3)cc2)=NO1)C(=O)NO. The molecule has 0 spiro atoms. The van der Waals surface area contributed by atoms with E-state index >= 15 is 0 Å². The summed E-state index contributed by atoms with van der Waals surface area (Å²) < 4.78 is 0. The fraction of sp³-hybridized carbons (Fsp3) is 0.316. The van der Waals surface area contributed by atoms with E-state index in [9.17, 15) is 4.79 Å². The van der Waals surface area contributed by atoms with E-state index in [4.69, 9.17) is 10.0 Å². The van der Waals surface area contributed by atoms with Gasteiger partial charge in [-0.3, -0.25) is 15.0 Å². The maximum Gasteiger partial charge on any atom is 0.256 e. The van der Waals surface area contributed by atoms with Crippen LogP contribution >= 0.6 is 11.8 Å². The number of carbonyl (C=O) groups excluding carboxylic acids is 1. The molecular weight excluding hydrogens is 350 g/mol. The van der Waals surface area contributed by atoms with Gasteiger partial charge in [0.2, 0.25) is 0 Å². The predicted molar refractivity (Wildman–Crippen MR) is 102 cm³/mol. The molecule has 2 atom stereocenters. The van der Waals surface area contributed by atoms with Gasteiger partial charge in [0.1, 0.15) is 6.10 Å². The molecule has 0 radical (unpaired) electrons. The zero-order valence-corrected chi connectivity index (χ0v) is 15.5. The zero-order valence-electron chi connectivity index (χ0n) is 14.7. The molecule has 2 heterocycles. The first-order valence-corrected chi connectivity index (χ1v) is 9.62. The van der Waals surface area contributed by atoms with Gasteiger partial charge in [-0.25, -0.2) is 5.48 Å². The highest BCUT2D eigenvalue weighted by Crippen LogP contribution is 2.25. The molecule has 1 aliphatic rings. The molecule has 6 nitrogen and oxygen atoms in total. The largest absolute Gasteiger partial charge is 0.392 e. The van der Waals surface area contributed by atoms with E-state index in [1.807, 2.05) is 49.7 Å². The molecule has 0 bridgehead atoms. The van der Waals surface area contributed by atoms with Gasteiger partial charge in [-0.05, 0) is 30.4 Å². The summed E-state index contributed by atoms with van der Waals surface area (Å²) in [6, 6.07) is 12.2. The Bertz CT molecular complexity index is 791. The lowest BCUT2D eigenvalue weighted by Crippen LogP contribution is -2.32. The van der Waals surface area contributed by atoms with Gasteiger partial charge in [0.25, 0.3) is 5.91 Å². The lowest BCUT2D eigenvalue weighted by Gasteiger charge is -2.15. The van der Waals surface area contributed by atoms with Crippen LogP contribution in [0.3, 0.4) is 0 Å². The normalized spacial score (nSPS) is 17.3. The number of hydrogen-bond acceptors (Lipinski definition) is 6. The van der Waals surface area contributed by atoms with Gasteiger partial charge in [-0.1, -0.05) is 35.5 Å². The Morgan fingerprint density at radius 1 is 1.27 bits per heavy atom. The molecule has 0 saturated heterocycles. The van der Waals surface area contributed by atoms with E-state index in [2.05, 4.69) is 16.2 Å². The van der Waals surface area contributed by atoms with Crippen molar-refractivity contribution in [3.05, 3.63) is 53.9 Å². The number of hydrogen-bond donors (Lipinski definition) is 2. The summed E-state index contributed by atoms with van der Waals surface area (Å²) in [4.78, 5) is 21.4. The molecule has 2 aromatic rings. The van der Waals surface area contributed by atoms with E-state index in [0.717, 1.165) is 28.1 Å². The Hall–Kier alpha value is -2.38. The van der Waals surface area contributed by atoms with Crippen molar-refractivity contribution < 1.29 is 14.8 Å². The molecule has 1 aromatic heterocycles. The zero-order chi connectivity index (χ0) is 18.5. The second-order valence-electron chi connectivity index (χ2n) is 6.17. The number of amides is 1. The van der Waals surface area contributed by atoms with Gasteiger partial charge >= 0.3 is 0 Å². The number of rotatable bonds is 6. The maximum atomic E-state index is 11.6. The van der Waals surface area contributed by atoms with Crippen LogP contribution in [0.2, 0.25) is 0 Å². The third-order valence-corrected chi connectivity index (χ3v) is 5.34. The topological polar surface area (TPSA) is 83.8 Å². The average molecular weight is 371 g/mol. The number of hydroxylamine groups is 1. The number of carbonyl (C=O) groups is 1. The summed E-state index contributed by atoms with van der Waals surface area (Å²) in [6.45, 7) is 1.97. The van der Waals surface area contributed by atoms with Crippen LogP contribution in [0.4, 0.5) is 0 Å². The standard InChI is InChI=1S/C19H21N3O3S/c1-12-3-4-15(11-20-12)13-5-7-14(8-6-13)17-9-16(25-22-17)10-18(26-2)19(23)21-24/h3-8,11,16,18,24H,9-10H2,1-2H3,(H,21,23). The van der Waals surface area contributed by atoms with Crippen LogP contribution in [0.15, 0.2) is 47.8 Å². The van der Waals surface area contributed by atoms with Crippen molar-refractivity contribution in [2.45, 2.75) is 31.1 Å². The Balaban J connectivity index is 1.63. The Morgan fingerprint density at radius 3 is 2.58 bits per heavy atom. The fourth-order valence-corrected chi connectivity index (χ4v) is 3.51. The van der Waals surface area contributed by atoms with Crippen LogP contribution in [-0.2, 0) is 9.63 Å². The van der Waals surface area contributed by atoms with Gasteiger partial charge in [-0.2, -0.15) is 11.8 Å². The lowest BCUT2D eigenvalue weighted by atomic mass is 9.99. The van der Waals surface area contributed by atoms with Gasteiger partial charge in [0.05, 0.1) is 11.0 Å². The van der Waals surface area contributed by atoms with E-state index < -0.39 is 5.91 Å². The van der Waals surface area contributed by atoms with Gasteiger partial charge in [0.15, 0.2) is 0 Å². The number of nitrogens with one attached hydrogen (secondary N) is 1. The average Bonchev–Trinajstić information content (AvgIpc) is 3.15. The summed E-state index contributed by atoms with van der Waals surface area (Å²) in [7, 11) is 0. The number of aromatic nitrogens is 1. The monoisotopic (exact) mass is 371 g/mol. The summed E-state index contributed by atoms with van der Waals surface area (Å²) in [5.41, 5.74) is 6.73. The van der Waals surface area contributed by atoms with Crippen LogP contribution in [0.5, 0.6) is 0 Å². The quantitative estimate of drug-likeness (QED) is 0.602. The Labute approximate surface area is 156 Å². The summed E-state index contributed by atoms with van der Waals surface area (Å²) in [6.07, 6.45) is 4.66. The summed E-state index contributed by atoms with van der Waals surface area (Å²) in [5, 5.41) is 12.6. The van der Waals surface area contributed by atoms with Crippen molar-refractivity contribution in [2.75, 3.05) is 6.26 Å². The third-order valence-electron chi connectivity index (χ3n) is 4.36. The molecule has 26 heavy (non-hydrogen) atoms. The van der Waals surface area contributed by atoms with Crippen LogP contribution in [-0.4, -0.2) is 39.4 Å². The van der Waals surface area contributed by atoms with Crippen molar-refractivity contribution in [3.8, 4) is 11.1 Å². The molecule has 2 N–H and O–H groups in total. The molecule has 0 aliphatic carbocycles. The first-order chi connectivity index (χ1) is 12.6. The molecule has 1 aliphatic heterocycles. The number of benzene rings is 1. The van der Waals surface area contributed by atoms with Gasteiger partial charge in [0, 0.05) is 30.3 Å². The van der Waals surface area contributed by atoms with Crippen LogP contribution < -0.4 is 5.48 Å². The molecule has 2 unspecified atom stereocenters. The lowest BCUT2D eigenvalue weighted by molar-refractivity contribution is -0.129. The summed E-state index contributed by atoms with van der Waals surface area (Å²) in [5.74, 6) is -0.411. The number of oxime groups is 1. The molecule has 1 amide bonds. The molecule has 3 rings (SSSR count). The van der Waals surface area contributed by atoms with Crippen molar-refractivity contribution >= 4 is 23.4 Å². The second kappa shape index (κ2) is 8.33. The number of aryl methyl sites for hydroxylation is 1. The van der Waals surface area contributed by atoms with Gasteiger partial charge < -0.3 is 4.84 Å². The van der Waals surface area contributed by atoms with E-state index in [0.29, 0.717) is 12.8 Å². The number of pyridine rings is 1. The molecule has 1 aromatic carbocycles. The minimum absolute atomic E-state index is 0.166. The van der Waals surface area contributed by atoms with Crippen LogP contribution in [0.25, 0.3) is 11.1 Å². The molecule has 7 heteroatoms. The highest BCUT2D eigenvalue weighted by molar-refractivity contribution is 7.99. The van der Waals surface area contributed by atoms with Crippen molar-refractivity contribution in [1.82, 2.24) is 10.5 Å². The molecule has 0 fully saturated rings. The first kappa shape index (κ1) is 18.4. The third kappa shape index (κ3) is 4.23.